The van der Waals surface area contributed by atoms with E-state index in [9.17, 15) is 4.79 Å². The molecule has 1 amide bonds. The number of rotatable bonds is 9. The van der Waals surface area contributed by atoms with Crippen molar-refractivity contribution >= 4 is 28.9 Å². The van der Waals surface area contributed by atoms with Crippen molar-refractivity contribution in [2.45, 2.75) is 45.4 Å². The van der Waals surface area contributed by atoms with Crippen LogP contribution in [0, 0.1) is 0 Å². The first-order valence-corrected chi connectivity index (χ1v) is 13.9. The highest BCUT2D eigenvalue weighted by Crippen LogP contribution is 2.44. The molecule has 6 nitrogen and oxygen atoms in total. The average Bonchev–Trinajstić information content (AvgIpc) is 2.97. The van der Waals surface area contributed by atoms with Gasteiger partial charge in [-0.05, 0) is 96.3 Å². The van der Waals surface area contributed by atoms with E-state index in [0.717, 1.165) is 41.0 Å². The van der Waals surface area contributed by atoms with Crippen molar-refractivity contribution in [2.24, 2.45) is 0 Å². The van der Waals surface area contributed by atoms with Crippen LogP contribution in [0.3, 0.4) is 0 Å². The van der Waals surface area contributed by atoms with Crippen LogP contribution in [0.4, 0.5) is 11.4 Å². The Balaban J connectivity index is 1.54. The molecule has 2 heterocycles. The first-order valence-electron chi connectivity index (χ1n) is 13.5. The van der Waals surface area contributed by atoms with Gasteiger partial charge in [0.1, 0.15) is 0 Å². The largest absolute Gasteiger partial charge is 0.493 e. The summed E-state index contributed by atoms with van der Waals surface area (Å²) in [5, 5.41) is 0.648. The fourth-order valence-electron chi connectivity index (χ4n) is 5.10. The Labute approximate surface area is 241 Å². The standard InChI is InChI=1S/C33H34ClN3O3/c1-5-22(2)40-31-20-29-25(18-30(31)39-4)19-32(38)37(33(29)24-6-8-26(34)9-7-24)28-12-10-27(11-13-28)36(3)21-23-14-16-35-17-15-23/h6-18,20,22,33H,5,19,21H2,1-4H3/t22?,33-/m0/s1. The average molecular weight is 556 g/mol. The quantitative estimate of drug-likeness (QED) is 0.218. The van der Waals surface area contributed by atoms with Crippen LogP contribution in [0.15, 0.2) is 85.2 Å². The van der Waals surface area contributed by atoms with Gasteiger partial charge < -0.3 is 19.3 Å². The zero-order valence-electron chi connectivity index (χ0n) is 23.3. The predicted octanol–water partition coefficient (Wildman–Crippen LogP) is 7.24. The maximum Gasteiger partial charge on any atom is 0.232 e. The number of amides is 1. The number of anilines is 2. The highest BCUT2D eigenvalue weighted by Gasteiger charge is 2.36. The Morgan fingerprint density at radius 2 is 1.73 bits per heavy atom. The zero-order valence-corrected chi connectivity index (χ0v) is 24.1. The molecule has 206 valence electrons. The number of hydrogen-bond acceptors (Lipinski definition) is 5. The summed E-state index contributed by atoms with van der Waals surface area (Å²) in [6.45, 7) is 4.88. The van der Waals surface area contributed by atoms with Crippen molar-refractivity contribution < 1.29 is 14.3 Å². The summed E-state index contributed by atoms with van der Waals surface area (Å²) >= 11 is 6.25. The highest BCUT2D eigenvalue weighted by molar-refractivity contribution is 6.30. The molecule has 7 heteroatoms. The van der Waals surface area contributed by atoms with Crippen LogP contribution in [0.1, 0.15) is 48.6 Å². The fourth-order valence-corrected chi connectivity index (χ4v) is 5.22. The van der Waals surface area contributed by atoms with E-state index in [-0.39, 0.29) is 24.5 Å². The number of methoxy groups -OCH3 is 1. The highest BCUT2D eigenvalue weighted by atomic mass is 35.5. The summed E-state index contributed by atoms with van der Waals surface area (Å²) in [6, 6.07) is 23.5. The topological polar surface area (TPSA) is 54.9 Å². The van der Waals surface area contributed by atoms with Crippen LogP contribution >= 0.6 is 11.6 Å². The van der Waals surface area contributed by atoms with Crippen LogP contribution in [-0.2, 0) is 17.8 Å². The minimum absolute atomic E-state index is 0.0167. The van der Waals surface area contributed by atoms with Crippen LogP contribution in [-0.4, -0.2) is 31.2 Å². The Morgan fingerprint density at radius 1 is 1.02 bits per heavy atom. The van der Waals surface area contributed by atoms with Gasteiger partial charge in [-0.25, -0.2) is 0 Å². The lowest BCUT2D eigenvalue weighted by molar-refractivity contribution is -0.118. The monoisotopic (exact) mass is 555 g/mol. The van der Waals surface area contributed by atoms with Crippen molar-refractivity contribution in [3.8, 4) is 11.5 Å². The summed E-state index contributed by atoms with van der Waals surface area (Å²) in [6.07, 6.45) is 4.77. The number of carbonyl (C=O) groups is 1. The molecule has 0 fully saturated rings. The SMILES string of the molecule is CCC(C)Oc1cc2c(cc1OC)CC(=O)N(c1ccc(N(C)Cc3ccncc3)cc1)[C@H]2c1ccc(Cl)cc1. The van der Waals surface area contributed by atoms with E-state index in [4.69, 9.17) is 21.1 Å². The number of carbonyl (C=O) groups excluding carboxylic acids is 1. The third-order valence-electron chi connectivity index (χ3n) is 7.42. The molecule has 1 aromatic heterocycles. The molecule has 40 heavy (non-hydrogen) atoms. The Morgan fingerprint density at radius 3 is 2.38 bits per heavy atom. The van der Waals surface area contributed by atoms with Crippen LogP contribution in [0.2, 0.25) is 5.02 Å². The van der Waals surface area contributed by atoms with Gasteiger partial charge in [-0.15, -0.1) is 0 Å². The minimum atomic E-state index is -0.348. The van der Waals surface area contributed by atoms with Crippen molar-refractivity contribution in [2.75, 3.05) is 24.0 Å². The van der Waals surface area contributed by atoms with E-state index in [0.29, 0.717) is 16.5 Å². The van der Waals surface area contributed by atoms with E-state index >= 15 is 0 Å². The van der Waals surface area contributed by atoms with Gasteiger partial charge in [0.25, 0.3) is 0 Å². The summed E-state index contributed by atoms with van der Waals surface area (Å²) in [4.78, 5) is 22.0. The van der Waals surface area contributed by atoms with E-state index in [1.54, 1.807) is 19.5 Å². The van der Waals surface area contributed by atoms with Crippen LogP contribution < -0.4 is 19.3 Å². The lowest BCUT2D eigenvalue weighted by atomic mass is 9.86. The van der Waals surface area contributed by atoms with Crippen molar-refractivity contribution in [3.05, 3.63) is 112 Å². The van der Waals surface area contributed by atoms with Crippen LogP contribution in [0.25, 0.3) is 0 Å². The smallest absolute Gasteiger partial charge is 0.232 e. The van der Waals surface area contributed by atoms with Crippen molar-refractivity contribution in [3.63, 3.8) is 0 Å². The Bertz CT molecular complexity index is 1460. The number of pyridine rings is 1. The molecule has 0 radical (unpaired) electrons. The number of halogens is 1. The van der Waals surface area contributed by atoms with Gasteiger partial charge in [-0.2, -0.15) is 0 Å². The van der Waals surface area contributed by atoms with Gasteiger partial charge in [0.15, 0.2) is 11.5 Å². The lowest BCUT2D eigenvalue weighted by Crippen LogP contribution is -2.41. The second-order valence-electron chi connectivity index (χ2n) is 10.2. The second-order valence-corrected chi connectivity index (χ2v) is 10.6. The molecule has 0 N–H and O–H groups in total. The molecule has 0 saturated heterocycles. The summed E-state index contributed by atoms with van der Waals surface area (Å²) in [5.41, 5.74) is 5.98. The van der Waals surface area contributed by atoms with E-state index in [1.807, 2.05) is 72.5 Å². The van der Waals surface area contributed by atoms with Crippen LogP contribution in [0.5, 0.6) is 11.5 Å². The molecule has 4 aromatic rings. The molecule has 1 aliphatic rings. The van der Waals surface area contributed by atoms with Gasteiger partial charge in [0.2, 0.25) is 5.91 Å². The molecular weight excluding hydrogens is 522 g/mol. The van der Waals surface area contributed by atoms with Gasteiger partial charge in [-0.1, -0.05) is 30.7 Å². The molecule has 2 atom stereocenters. The number of aromatic nitrogens is 1. The maximum absolute atomic E-state index is 13.8. The molecule has 1 aliphatic heterocycles. The molecule has 0 spiro atoms. The predicted molar refractivity (Wildman–Crippen MR) is 161 cm³/mol. The number of benzene rings is 3. The number of ether oxygens (including phenoxy) is 2. The van der Waals surface area contributed by atoms with Crippen molar-refractivity contribution in [1.82, 2.24) is 4.98 Å². The molecule has 0 saturated carbocycles. The zero-order chi connectivity index (χ0) is 28.2. The number of nitrogens with zero attached hydrogens (tertiary/aromatic N) is 3. The maximum atomic E-state index is 13.8. The molecule has 0 aliphatic carbocycles. The summed E-state index contributed by atoms with van der Waals surface area (Å²) in [7, 11) is 3.69. The minimum Gasteiger partial charge on any atom is -0.493 e. The van der Waals surface area contributed by atoms with Crippen molar-refractivity contribution in [1.29, 1.82) is 0 Å². The normalized spacial score (nSPS) is 15.4. The number of hydrogen-bond donors (Lipinski definition) is 0. The lowest BCUT2D eigenvalue weighted by Gasteiger charge is -2.38. The molecular formula is C33H34ClN3O3. The van der Waals surface area contributed by atoms with E-state index in [2.05, 4.69) is 36.0 Å². The summed E-state index contributed by atoms with van der Waals surface area (Å²) in [5.74, 6) is 1.33. The Kier molecular flexibility index (Phi) is 8.27. The summed E-state index contributed by atoms with van der Waals surface area (Å²) < 4.78 is 11.9. The van der Waals surface area contributed by atoms with Gasteiger partial charge in [0, 0.05) is 42.4 Å². The first-order chi connectivity index (χ1) is 19.4. The van der Waals surface area contributed by atoms with E-state index in [1.165, 1.54) is 5.56 Å². The molecule has 1 unspecified atom stereocenters. The third-order valence-corrected chi connectivity index (χ3v) is 7.67. The van der Waals surface area contributed by atoms with Gasteiger partial charge >= 0.3 is 0 Å². The van der Waals surface area contributed by atoms with E-state index < -0.39 is 0 Å². The second kappa shape index (κ2) is 12.0. The first kappa shape index (κ1) is 27.5. The number of fused-ring (bicyclic) bond motifs is 1. The fraction of sp³-hybridized carbons (Fsp3) is 0.273. The molecule has 0 bridgehead atoms. The Hall–Kier alpha value is -4.03. The van der Waals surface area contributed by atoms with Gasteiger partial charge in [0.05, 0.1) is 25.7 Å². The molecule has 3 aromatic carbocycles. The molecule has 5 rings (SSSR count). The third kappa shape index (κ3) is 5.77. The van der Waals surface area contributed by atoms with Gasteiger partial charge in [-0.3, -0.25) is 9.78 Å².